The second-order valence-corrected chi connectivity index (χ2v) is 5.10. The lowest BCUT2D eigenvalue weighted by Crippen LogP contribution is -2.24. The third kappa shape index (κ3) is 2.99. The molecule has 17 heavy (non-hydrogen) atoms. The third-order valence-corrected chi connectivity index (χ3v) is 3.34. The average Bonchev–Trinajstić information content (AvgIpc) is 3.04. The molecule has 1 saturated carbocycles. The molecule has 0 saturated heterocycles. The van der Waals surface area contributed by atoms with E-state index in [-0.39, 0.29) is 11.8 Å². The van der Waals surface area contributed by atoms with Crippen molar-refractivity contribution in [3.8, 4) is 0 Å². The molecule has 1 fully saturated rings. The standard InChI is InChI=1S/C14H20N2O/c1-10-7-13(10)14(17)15-9-11-5-4-6-12(8-11)16(2)3/h4-6,8,10,13H,7,9H2,1-3H3,(H,15,17)/t10-,13-/m0/s1. The topological polar surface area (TPSA) is 32.3 Å². The summed E-state index contributed by atoms with van der Waals surface area (Å²) in [6, 6.07) is 8.24. The first-order chi connectivity index (χ1) is 8.08. The number of nitrogens with zero attached hydrogens (tertiary/aromatic N) is 1. The van der Waals surface area contributed by atoms with Gasteiger partial charge in [-0.3, -0.25) is 4.79 Å². The summed E-state index contributed by atoms with van der Waals surface area (Å²) in [6.07, 6.45) is 1.05. The molecule has 3 heteroatoms. The predicted octanol–water partition coefficient (Wildman–Crippen LogP) is 2.02. The Labute approximate surface area is 103 Å². The van der Waals surface area contributed by atoms with Gasteiger partial charge in [0.25, 0.3) is 0 Å². The largest absolute Gasteiger partial charge is 0.378 e. The summed E-state index contributed by atoms with van der Waals surface area (Å²) in [7, 11) is 4.03. The number of carbonyl (C=O) groups excluding carboxylic acids is 1. The first-order valence-electron chi connectivity index (χ1n) is 6.12. The minimum absolute atomic E-state index is 0.202. The summed E-state index contributed by atoms with van der Waals surface area (Å²) in [6.45, 7) is 2.75. The van der Waals surface area contributed by atoms with Crippen LogP contribution in [-0.4, -0.2) is 20.0 Å². The van der Waals surface area contributed by atoms with E-state index in [4.69, 9.17) is 0 Å². The Balaban J connectivity index is 1.90. The number of benzene rings is 1. The van der Waals surface area contributed by atoms with Crippen LogP contribution in [0.4, 0.5) is 5.69 Å². The highest BCUT2D eigenvalue weighted by atomic mass is 16.2. The van der Waals surface area contributed by atoms with Crippen molar-refractivity contribution >= 4 is 11.6 Å². The van der Waals surface area contributed by atoms with Crippen molar-refractivity contribution in [3.05, 3.63) is 29.8 Å². The number of hydrogen-bond donors (Lipinski definition) is 1. The van der Waals surface area contributed by atoms with Gasteiger partial charge in [0.2, 0.25) is 5.91 Å². The Kier molecular flexibility index (Phi) is 3.36. The highest BCUT2D eigenvalue weighted by Gasteiger charge is 2.38. The van der Waals surface area contributed by atoms with Crippen molar-refractivity contribution in [2.45, 2.75) is 19.9 Å². The SMILES string of the molecule is C[C@H]1C[C@@H]1C(=O)NCc1cccc(N(C)C)c1. The minimum Gasteiger partial charge on any atom is -0.378 e. The smallest absolute Gasteiger partial charge is 0.223 e. The Morgan fingerprint density at radius 3 is 2.76 bits per heavy atom. The van der Waals surface area contributed by atoms with Crippen LogP contribution in [0.15, 0.2) is 24.3 Å². The van der Waals surface area contributed by atoms with Gasteiger partial charge in [-0.05, 0) is 30.0 Å². The molecule has 1 aromatic rings. The number of rotatable bonds is 4. The normalized spacial score (nSPS) is 22.1. The van der Waals surface area contributed by atoms with E-state index in [2.05, 4.69) is 29.3 Å². The van der Waals surface area contributed by atoms with Crippen LogP contribution < -0.4 is 10.2 Å². The molecule has 1 aromatic carbocycles. The predicted molar refractivity (Wildman–Crippen MR) is 69.9 cm³/mol. The van der Waals surface area contributed by atoms with Crippen molar-refractivity contribution in [1.29, 1.82) is 0 Å². The van der Waals surface area contributed by atoms with E-state index in [0.29, 0.717) is 12.5 Å². The monoisotopic (exact) mass is 232 g/mol. The molecule has 0 unspecified atom stereocenters. The van der Waals surface area contributed by atoms with Gasteiger partial charge in [0.15, 0.2) is 0 Å². The molecule has 0 bridgehead atoms. The number of amides is 1. The first-order valence-corrected chi connectivity index (χ1v) is 6.12. The number of carbonyl (C=O) groups is 1. The Bertz CT molecular complexity index is 414. The molecule has 1 aliphatic rings. The number of hydrogen-bond acceptors (Lipinski definition) is 2. The van der Waals surface area contributed by atoms with E-state index in [9.17, 15) is 4.79 Å². The van der Waals surface area contributed by atoms with E-state index in [1.54, 1.807) is 0 Å². The second kappa shape index (κ2) is 4.78. The zero-order valence-corrected chi connectivity index (χ0v) is 10.7. The highest BCUT2D eigenvalue weighted by Crippen LogP contribution is 2.37. The van der Waals surface area contributed by atoms with E-state index in [1.807, 2.05) is 26.2 Å². The fourth-order valence-corrected chi connectivity index (χ4v) is 1.95. The molecular formula is C14H20N2O. The molecule has 2 atom stereocenters. The van der Waals surface area contributed by atoms with Crippen LogP contribution in [0.5, 0.6) is 0 Å². The van der Waals surface area contributed by atoms with Gasteiger partial charge < -0.3 is 10.2 Å². The summed E-state index contributed by atoms with van der Waals surface area (Å²) < 4.78 is 0. The highest BCUT2D eigenvalue weighted by molar-refractivity contribution is 5.81. The van der Waals surface area contributed by atoms with Crippen LogP contribution in [0, 0.1) is 11.8 Å². The molecule has 0 radical (unpaired) electrons. The van der Waals surface area contributed by atoms with Crippen molar-refractivity contribution in [2.75, 3.05) is 19.0 Å². The van der Waals surface area contributed by atoms with Crippen molar-refractivity contribution < 1.29 is 4.79 Å². The molecule has 92 valence electrons. The van der Waals surface area contributed by atoms with Gasteiger partial charge in [-0.25, -0.2) is 0 Å². The van der Waals surface area contributed by atoms with Gasteiger partial charge in [-0.2, -0.15) is 0 Å². The van der Waals surface area contributed by atoms with Gasteiger partial charge in [0.1, 0.15) is 0 Å². The summed E-state index contributed by atoms with van der Waals surface area (Å²) in [5.41, 5.74) is 2.31. The van der Waals surface area contributed by atoms with Gasteiger partial charge in [-0.15, -0.1) is 0 Å². The molecule has 0 heterocycles. The van der Waals surface area contributed by atoms with Crippen molar-refractivity contribution in [2.24, 2.45) is 11.8 Å². The molecule has 1 amide bonds. The van der Waals surface area contributed by atoms with E-state index >= 15 is 0 Å². The van der Waals surface area contributed by atoms with E-state index in [1.165, 1.54) is 0 Å². The van der Waals surface area contributed by atoms with Gasteiger partial charge >= 0.3 is 0 Å². The molecule has 1 aliphatic carbocycles. The fourth-order valence-electron chi connectivity index (χ4n) is 1.95. The quantitative estimate of drug-likeness (QED) is 0.861. The number of anilines is 1. The summed E-state index contributed by atoms with van der Waals surface area (Å²) >= 11 is 0. The lowest BCUT2D eigenvalue weighted by atomic mass is 10.2. The molecule has 3 nitrogen and oxygen atoms in total. The maximum Gasteiger partial charge on any atom is 0.223 e. The van der Waals surface area contributed by atoms with Gasteiger partial charge in [-0.1, -0.05) is 19.1 Å². The average molecular weight is 232 g/mol. The lowest BCUT2D eigenvalue weighted by molar-refractivity contribution is -0.122. The van der Waals surface area contributed by atoms with Crippen molar-refractivity contribution in [1.82, 2.24) is 5.32 Å². The zero-order chi connectivity index (χ0) is 12.4. The van der Waals surface area contributed by atoms with Gasteiger partial charge in [0.05, 0.1) is 0 Å². The van der Waals surface area contributed by atoms with E-state index < -0.39 is 0 Å². The fraction of sp³-hybridized carbons (Fsp3) is 0.500. The van der Waals surface area contributed by atoms with Crippen LogP contribution in [0.1, 0.15) is 18.9 Å². The Morgan fingerprint density at radius 1 is 1.47 bits per heavy atom. The second-order valence-electron chi connectivity index (χ2n) is 5.10. The molecule has 0 spiro atoms. The van der Waals surface area contributed by atoms with E-state index in [0.717, 1.165) is 17.7 Å². The minimum atomic E-state index is 0.202. The van der Waals surface area contributed by atoms with Gasteiger partial charge in [0, 0.05) is 32.2 Å². The van der Waals surface area contributed by atoms with Crippen molar-refractivity contribution in [3.63, 3.8) is 0 Å². The van der Waals surface area contributed by atoms with Crippen LogP contribution in [-0.2, 0) is 11.3 Å². The third-order valence-electron chi connectivity index (χ3n) is 3.34. The molecule has 2 rings (SSSR count). The zero-order valence-electron chi connectivity index (χ0n) is 10.7. The molecule has 0 aromatic heterocycles. The molecule has 0 aliphatic heterocycles. The Morgan fingerprint density at radius 2 is 2.18 bits per heavy atom. The maximum atomic E-state index is 11.7. The van der Waals surface area contributed by atoms with Crippen LogP contribution in [0.2, 0.25) is 0 Å². The van der Waals surface area contributed by atoms with Crippen LogP contribution in [0.3, 0.4) is 0 Å². The molecule has 1 N–H and O–H groups in total. The summed E-state index contributed by atoms with van der Waals surface area (Å²) in [5.74, 6) is 1.03. The summed E-state index contributed by atoms with van der Waals surface area (Å²) in [5, 5.41) is 3.00. The number of nitrogens with one attached hydrogen (secondary N) is 1. The van der Waals surface area contributed by atoms with Crippen LogP contribution >= 0.6 is 0 Å². The Hall–Kier alpha value is -1.51. The maximum absolute atomic E-state index is 11.7. The molecular weight excluding hydrogens is 212 g/mol. The first kappa shape index (κ1) is 12.0. The summed E-state index contributed by atoms with van der Waals surface area (Å²) in [4.78, 5) is 13.8. The lowest BCUT2D eigenvalue weighted by Gasteiger charge is -2.13. The van der Waals surface area contributed by atoms with Crippen LogP contribution in [0.25, 0.3) is 0 Å².